The molecule has 3 rings (SSSR count). The van der Waals surface area contributed by atoms with E-state index in [-0.39, 0.29) is 60.5 Å². The maximum atomic E-state index is 10.7. The predicted octanol–water partition coefficient (Wildman–Crippen LogP) is -0.542. The Morgan fingerprint density at radius 3 is 1.34 bits per heavy atom. The second-order valence-corrected chi connectivity index (χ2v) is 9.46. The van der Waals surface area contributed by atoms with Gasteiger partial charge in [-0.1, -0.05) is 57.2 Å². The van der Waals surface area contributed by atoms with Crippen LogP contribution in [0, 0.1) is 34.5 Å². The quantitative estimate of drug-likeness (QED) is 0.294. The molecule has 0 aromatic rings. The van der Waals surface area contributed by atoms with Crippen molar-refractivity contribution in [2.45, 2.75) is 59.3 Å². The van der Waals surface area contributed by atoms with E-state index in [0.29, 0.717) is 18.8 Å². The Balaban J connectivity index is 0. The molecule has 0 bridgehead atoms. The van der Waals surface area contributed by atoms with Gasteiger partial charge in [-0.3, -0.25) is 0 Å². The third kappa shape index (κ3) is 11.5. The number of carbonyl (C=O) groups excluding carboxylic acids is 4. The van der Waals surface area contributed by atoms with E-state index in [1.165, 1.54) is 0 Å². The number of allylic oxidation sites excluding steroid dienone is 6. The normalized spacial score (nSPS) is 32.5. The predicted molar refractivity (Wildman–Crippen MR) is 129 cm³/mol. The van der Waals surface area contributed by atoms with Gasteiger partial charge in [0, 0.05) is 12.4 Å². The van der Waals surface area contributed by atoms with E-state index in [9.17, 15) is 14.4 Å². The molecule has 0 amide bonds. The van der Waals surface area contributed by atoms with E-state index in [2.05, 4.69) is 31.2 Å². The summed E-state index contributed by atoms with van der Waals surface area (Å²) < 4.78 is 0. The molecule has 3 aliphatic rings. The SMILES string of the molecule is CC1CC=CCC1(C=O)CO.CC1CC=CCC1(C=O)CO.CC1CC=CCC1C=O.O=C[O-].[Na+]. The maximum Gasteiger partial charge on any atom is 1.00 e. The number of carbonyl (C=O) groups is 4. The molecule has 7 nitrogen and oxygen atoms in total. The zero-order chi connectivity index (χ0) is 26.0. The standard InChI is InChI=1S/2C9H14O2.C8H12O.CH2O2.Na/c2*1-8-4-2-3-5-9(8,6-10)7-11;1-7-4-2-3-5-8(7)6-9;2-1-3;/h2*2-3,6,8,11H,4-5,7H2,1H3;2-3,6-8H,4-5H2,1H3;1H,(H,2,3);/q;;;;+1/p-1. The van der Waals surface area contributed by atoms with Crippen LogP contribution in [0.3, 0.4) is 0 Å². The van der Waals surface area contributed by atoms with Crippen LogP contribution in [0.25, 0.3) is 0 Å². The number of aldehydes is 3. The van der Waals surface area contributed by atoms with E-state index in [0.717, 1.165) is 44.5 Å². The second kappa shape index (κ2) is 19.8. The van der Waals surface area contributed by atoms with Crippen molar-refractivity contribution in [1.82, 2.24) is 0 Å². The molecule has 0 spiro atoms. The van der Waals surface area contributed by atoms with Crippen LogP contribution in [0.2, 0.25) is 0 Å². The molecule has 6 atom stereocenters. The number of carboxylic acid groups (broad SMARTS) is 1. The van der Waals surface area contributed by atoms with Gasteiger partial charge < -0.3 is 34.5 Å². The van der Waals surface area contributed by atoms with E-state index in [1.54, 1.807) is 0 Å². The van der Waals surface area contributed by atoms with E-state index < -0.39 is 17.3 Å². The molecular weight excluding hydrogens is 459 g/mol. The first kappa shape index (κ1) is 35.8. The molecule has 8 heteroatoms. The van der Waals surface area contributed by atoms with Crippen molar-refractivity contribution in [3.05, 3.63) is 36.5 Å². The van der Waals surface area contributed by atoms with Gasteiger partial charge in [-0.25, -0.2) is 0 Å². The van der Waals surface area contributed by atoms with E-state index in [1.807, 2.05) is 26.0 Å². The summed E-state index contributed by atoms with van der Waals surface area (Å²) in [6.07, 6.45) is 20.4. The van der Waals surface area contributed by atoms with Crippen LogP contribution in [0.5, 0.6) is 0 Å². The van der Waals surface area contributed by atoms with Gasteiger partial charge in [-0.2, -0.15) is 0 Å². The van der Waals surface area contributed by atoms with Gasteiger partial charge in [0.2, 0.25) is 0 Å². The average molecular weight is 501 g/mol. The maximum absolute atomic E-state index is 10.7. The van der Waals surface area contributed by atoms with Gasteiger partial charge in [0.15, 0.2) is 0 Å². The van der Waals surface area contributed by atoms with Crippen molar-refractivity contribution in [1.29, 1.82) is 0 Å². The second-order valence-electron chi connectivity index (χ2n) is 9.46. The Hall–Kier alpha value is -1.38. The molecule has 2 N–H and O–H groups in total. The molecule has 0 aromatic heterocycles. The third-order valence-corrected chi connectivity index (χ3v) is 7.32. The molecule has 0 aromatic carbocycles. The molecular formula is C27H41NaO7. The summed E-state index contributed by atoms with van der Waals surface area (Å²) >= 11 is 0. The Kier molecular flexibility index (Phi) is 20.2. The summed E-state index contributed by atoms with van der Waals surface area (Å²) in [6, 6.07) is 0. The largest absolute Gasteiger partial charge is 1.00 e. The van der Waals surface area contributed by atoms with E-state index >= 15 is 0 Å². The van der Waals surface area contributed by atoms with E-state index in [4.69, 9.17) is 20.1 Å². The van der Waals surface area contributed by atoms with Gasteiger partial charge in [0.25, 0.3) is 0 Å². The van der Waals surface area contributed by atoms with Crippen LogP contribution in [0.15, 0.2) is 36.5 Å². The van der Waals surface area contributed by atoms with Crippen molar-refractivity contribution in [2.24, 2.45) is 34.5 Å². The van der Waals surface area contributed by atoms with Crippen molar-refractivity contribution in [3.63, 3.8) is 0 Å². The van der Waals surface area contributed by atoms with Crippen LogP contribution in [-0.4, -0.2) is 48.8 Å². The van der Waals surface area contributed by atoms with Gasteiger partial charge >= 0.3 is 29.6 Å². The Morgan fingerprint density at radius 2 is 1.11 bits per heavy atom. The summed E-state index contributed by atoms with van der Waals surface area (Å²) in [5.41, 5.74) is -0.983. The minimum atomic E-state index is -0.500. The van der Waals surface area contributed by atoms with Crippen LogP contribution in [0.1, 0.15) is 59.3 Å². The van der Waals surface area contributed by atoms with Crippen LogP contribution >= 0.6 is 0 Å². The molecule has 3 aliphatic carbocycles. The first-order valence-corrected chi connectivity index (χ1v) is 11.9. The Morgan fingerprint density at radius 1 is 0.743 bits per heavy atom. The number of rotatable bonds is 5. The topological polar surface area (TPSA) is 132 Å². The van der Waals surface area contributed by atoms with Gasteiger partial charge in [-0.15, -0.1) is 0 Å². The van der Waals surface area contributed by atoms with Crippen LogP contribution in [-0.2, 0) is 19.2 Å². The molecule has 0 saturated heterocycles. The monoisotopic (exact) mass is 500 g/mol. The zero-order valence-electron chi connectivity index (χ0n) is 21.7. The number of hydrogen-bond acceptors (Lipinski definition) is 7. The fourth-order valence-electron chi connectivity index (χ4n) is 4.08. The van der Waals surface area contributed by atoms with Gasteiger partial charge in [0.1, 0.15) is 18.9 Å². The Bertz CT molecular complexity index is 666. The molecule has 0 saturated carbocycles. The first-order valence-electron chi connectivity index (χ1n) is 11.9. The fraction of sp³-hybridized carbons (Fsp3) is 0.630. The summed E-state index contributed by atoms with van der Waals surface area (Å²) in [5, 5.41) is 26.3. The van der Waals surface area contributed by atoms with Crippen molar-refractivity contribution >= 4 is 25.3 Å². The summed E-state index contributed by atoms with van der Waals surface area (Å²) in [6.45, 7) is 5.59. The minimum absolute atomic E-state index is 0. The zero-order valence-corrected chi connectivity index (χ0v) is 23.7. The summed E-state index contributed by atoms with van der Waals surface area (Å²) in [4.78, 5) is 40.0. The third-order valence-electron chi connectivity index (χ3n) is 7.32. The molecule has 0 fully saturated rings. The smallest absolute Gasteiger partial charge is 0.554 e. The van der Waals surface area contributed by atoms with Crippen molar-refractivity contribution < 1.29 is 64.1 Å². The van der Waals surface area contributed by atoms with Crippen LogP contribution in [0.4, 0.5) is 0 Å². The summed E-state index contributed by atoms with van der Waals surface area (Å²) in [5.74, 6) is 1.40. The molecule has 0 heterocycles. The van der Waals surface area contributed by atoms with Gasteiger partial charge in [-0.05, 0) is 56.3 Å². The van der Waals surface area contributed by atoms with Crippen LogP contribution < -0.4 is 34.7 Å². The minimum Gasteiger partial charge on any atom is -0.554 e. The average Bonchev–Trinajstić information content (AvgIpc) is 2.87. The van der Waals surface area contributed by atoms with Gasteiger partial charge in [0.05, 0.1) is 24.0 Å². The molecule has 192 valence electrons. The van der Waals surface area contributed by atoms with Crippen molar-refractivity contribution in [3.8, 4) is 0 Å². The molecule has 35 heavy (non-hydrogen) atoms. The summed E-state index contributed by atoms with van der Waals surface area (Å²) in [7, 11) is 0. The Labute approximate surface area is 232 Å². The molecule has 6 unspecified atom stereocenters. The number of aliphatic hydroxyl groups excluding tert-OH is 2. The van der Waals surface area contributed by atoms with Crippen molar-refractivity contribution in [2.75, 3.05) is 13.2 Å². The fourth-order valence-corrected chi connectivity index (χ4v) is 4.08. The molecule has 0 aliphatic heterocycles. The molecule has 0 radical (unpaired) electrons. The first-order chi connectivity index (χ1) is 16.3. The number of hydrogen-bond donors (Lipinski definition) is 2. The number of aliphatic hydroxyl groups is 2.